The third kappa shape index (κ3) is 4.35. The number of amidine groups is 1. The first-order valence-corrected chi connectivity index (χ1v) is 10.0. The number of sulfonamides is 1. The largest absolute Gasteiger partial charge is 0.270 e. The van der Waals surface area contributed by atoms with Crippen molar-refractivity contribution in [3.8, 4) is 0 Å². The minimum absolute atomic E-state index is 0.157. The molecule has 1 heterocycles. The summed E-state index contributed by atoms with van der Waals surface area (Å²) in [5, 5.41) is 0. The topological polar surface area (TPSA) is 96.9 Å². The summed E-state index contributed by atoms with van der Waals surface area (Å²) in [6.45, 7) is 3.89. The van der Waals surface area contributed by atoms with E-state index >= 15 is 0 Å². The van der Waals surface area contributed by atoms with Crippen LogP contribution in [0.15, 0.2) is 64.5 Å². The Morgan fingerprint density at radius 1 is 1.11 bits per heavy atom. The third-order valence-electron chi connectivity index (χ3n) is 4.09. The maximum atomic E-state index is 12.5. The fourth-order valence-electron chi connectivity index (χ4n) is 2.70. The Bertz CT molecular complexity index is 956. The van der Waals surface area contributed by atoms with Gasteiger partial charge in [-0.05, 0) is 23.6 Å². The lowest BCUT2D eigenvalue weighted by molar-refractivity contribution is -0.136. The van der Waals surface area contributed by atoms with E-state index in [2.05, 4.69) is 15.2 Å². The molecule has 0 unspecified atom stereocenters. The number of rotatable bonds is 6. The molecule has 2 aromatic rings. The molecule has 2 aromatic carbocycles. The van der Waals surface area contributed by atoms with Crippen molar-refractivity contribution in [1.29, 1.82) is 0 Å². The number of nitrogens with zero attached hydrogens (tertiary/aromatic N) is 1. The molecule has 0 bridgehead atoms. The Hall–Kier alpha value is -2.71. The number of benzene rings is 2. The number of fused-ring (bicyclic) bond motifs is 1. The van der Waals surface area contributed by atoms with Gasteiger partial charge in [-0.25, -0.2) is 13.9 Å². The monoisotopic (exact) mass is 387 g/mol. The van der Waals surface area contributed by atoms with Crippen LogP contribution in [0.2, 0.25) is 0 Å². The Balaban J connectivity index is 1.74. The Kier molecular flexibility index (Phi) is 5.57. The molecule has 0 aliphatic carbocycles. The molecule has 2 N–H and O–H groups in total. The van der Waals surface area contributed by atoms with E-state index in [0.717, 1.165) is 5.56 Å². The second kappa shape index (κ2) is 7.89. The van der Waals surface area contributed by atoms with Crippen LogP contribution in [-0.4, -0.2) is 26.2 Å². The number of hydroxylamine groups is 1. The summed E-state index contributed by atoms with van der Waals surface area (Å²) >= 11 is 0. The van der Waals surface area contributed by atoms with Crippen LogP contribution in [0, 0.1) is 5.92 Å². The Morgan fingerprint density at radius 2 is 1.78 bits per heavy atom. The highest BCUT2D eigenvalue weighted by Gasteiger charge is 2.32. The maximum absolute atomic E-state index is 12.5. The van der Waals surface area contributed by atoms with Crippen LogP contribution < -0.4 is 10.2 Å². The molecule has 0 aromatic heterocycles. The lowest BCUT2D eigenvalue weighted by atomic mass is 10.0. The molecule has 1 aliphatic rings. The Morgan fingerprint density at radius 3 is 2.48 bits per heavy atom. The predicted octanol–water partition coefficient (Wildman–Crippen LogP) is 2.00. The normalized spacial score (nSPS) is 17.4. The summed E-state index contributed by atoms with van der Waals surface area (Å²) in [6.07, 6.45) is 0. The van der Waals surface area contributed by atoms with Gasteiger partial charge < -0.3 is 0 Å². The number of hydrogen-bond acceptors (Lipinski definition) is 5. The van der Waals surface area contributed by atoms with Gasteiger partial charge in [-0.3, -0.25) is 19.3 Å². The van der Waals surface area contributed by atoms with E-state index in [1.807, 2.05) is 44.2 Å². The van der Waals surface area contributed by atoms with E-state index < -0.39 is 22.0 Å². The van der Waals surface area contributed by atoms with Crippen molar-refractivity contribution in [1.82, 2.24) is 10.2 Å². The molecular formula is C19H21N3O4S. The predicted molar refractivity (Wildman–Crippen MR) is 101 cm³/mol. The lowest BCUT2D eigenvalue weighted by Gasteiger charge is -2.17. The zero-order valence-corrected chi connectivity index (χ0v) is 15.9. The summed E-state index contributed by atoms with van der Waals surface area (Å²) in [4.78, 5) is 22.3. The van der Waals surface area contributed by atoms with Gasteiger partial charge in [0.05, 0.1) is 11.5 Å². The van der Waals surface area contributed by atoms with Crippen molar-refractivity contribution < 1.29 is 18.0 Å². The minimum atomic E-state index is -3.65. The summed E-state index contributed by atoms with van der Waals surface area (Å²) in [5.74, 6) is -0.422. The quantitative estimate of drug-likeness (QED) is 0.741. The lowest BCUT2D eigenvalue weighted by Crippen LogP contribution is -2.38. The molecule has 1 atom stereocenters. The number of aliphatic imine (C=N–C) groups is 1. The van der Waals surface area contributed by atoms with Crippen molar-refractivity contribution >= 4 is 21.8 Å². The van der Waals surface area contributed by atoms with Gasteiger partial charge in [-0.1, -0.05) is 56.3 Å². The first-order chi connectivity index (χ1) is 12.9. The molecule has 0 saturated heterocycles. The van der Waals surface area contributed by atoms with Crippen LogP contribution in [-0.2, 0) is 26.3 Å². The zero-order valence-electron chi connectivity index (χ0n) is 15.0. The van der Waals surface area contributed by atoms with Crippen molar-refractivity contribution in [3.63, 3.8) is 0 Å². The van der Waals surface area contributed by atoms with Crippen LogP contribution in [0.1, 0.15) is 25.0 Å². The first-order valence-electron chi connectivity index (χ1n) is 8.54. The van der Waals surface area contributed by atoms with Crippen molar-refractivity contribution in [3.05, 3.63) is 65.7 Å². The molecule has 0 spiro atoms. The highest BCUT2D eigenvalue weighted by Crippen LogP contribution is 2.23. The number of carbonyl (C=O) groups excluding carboxylic acids is 1. The van der Waals surface area contributed by atoms with Crippen molar-refractivity contribution in [2.75, 3.05) is 0 Å². The highest BCUT2D eigenvalue weighted by molar-refractivity contribution is 7.90. The molecule has 142 valence electrons. The standard InChI is InChI=1S/C19H21N3O4S/c1-13(2)17(19(23)21-26-12-14-8-4-3-5-9-14)20-18-15-10-6-7-11-16(15)27(24,25)22-18/h3-11,13,17H,12H2,1-2H3,(H,20,22)(H,21,23)/t17-/m1/s1. The molecule has 1 amide bonds. The van der Waals surface area contributed by atoms with Gasteiger partial charge in [-0.15, -0.1) is 0 Å². The number of amides is 1. The smallest absolute Gasteiger partial charge is 0.268 e. The maximum Gasteiger partial charge on any atom is 0.268 e. The molecule has 3 rings (SSSR count). The Labute approximate surface area is 158 Å². The molecule has 7 nitrogen and oxygen atoms in total. The number of hydrogen-bond donors (Lipinski definition) is 2. The molecule has 1 aliphatic heterocycles. The van der Waals surface area contributed by atoms with Crippen LogP contribution in [0.4, 0.5) is 0 Å². The van der Waals surface area contributed by atoms with E-state index in [1.54, 1.807) is 18.2 Å². The molecule has 0 radical (unpaired) electrons. The first kappa shape index (κ1) is 19.1. The van der Waals surface area contributed by atoms with Gasteiger partial charge in [0.15, 0.2) is 0 Å². The second-order valence-electron chi connectivity index (χ2n) is 6.51. The summed E-state index contributed by atoms with van der Waals surface area (Å²) in [7, 11) is -3.65. The third-order valence-corrected chi connectivity index (χ3v) is 5.48. The van der Waals surface area contributed by atoms with E-state index in [1.165, 1.54) is 6.07 Å². The van der Waals surface area contributed by atoms with Gasteiger partial charge in [0.25, 0.3) is 15.9 Å². The number of nitrogens with one attached hydrogen (secondary N) is 2. The van der Waals surface area contributed by atoms with Gasteiger partial charge in [-0.2, -0.15) is 0 Å². The van der Waals surface area contributed by atoms with Gasteiger partial charge in [0.1, 0.15) is 11.9 Å². The molecule has 0 fully saturated rings. The average molecular weight is 387 g/mol. The zero-order chi connectivity index (χ0) is 19.4. The second-order valence-corrected chi connectivity index (χ2v) is 8.16. The minimum Gasteiger partial charge on any atom is -0.270 e. The molecule has 0 saturated carbocycles. The molecule has 27 heavy (non-hydrogen) atoms. The van der Waals surface area contributed by atoms with Crippen LogP contribution in [0.25, 0.3) is 0 Å². The van der Waals surface area contributed by atoms with E-state index in [9.17, 15) is 13.2 Å². The van der Waals surface area contributed by atoms with Crippen molar-refractivity contribution in [2.45, 2.75) is 31.4 Å². The van der Waals surface area contributed by atoms with E-state index in [0.29, 0.717) is 5.56 Å². The fourth-order valence-corrected chi connectivity index (χ4v) is 3.94. The van der Waals surface area contributed by atoms with Gasteiger partial charge in [0, 0.05) is 5.56 Å². The number of carbonyl (C=O) groups is 1. The molecule has 8 heteroatoms. The average Bonchev–Trinajstić information content (AvgIpc) is 2.91. The van der Waals surface area contributed by atoms with E-state index in [4.69, 9.17) is 4.84 Å². The van der Waals surface area contributed by atoms with Crippen LogP contribution in [0.3, 0.4) is 0 Å². The van der Waals surface area contributed by atoms with Gasteiger partial charge >= 0.3 is 0 Å². The SMILES string of the molecule is CC(C)[C@@H](N=C1NS(=O)(=O)c2ccccc21)C(=O)NOCc1ccccc1. The molecular weight excluding hydrogens is 366 g/mol. The highest BCUT2D eigenvalue weighted by atomic mass is 32.2. The summed E-state index contributed by atoms with van der Waals surface area (Å²) < 4.78 is 26.8. The van der Waals surface area contributed by atoms with Crippen molar-refractivity contribution in [2.24, 2.45) is 10.9 Å². The van der Waals surface area contributed by atoms with Crippen LogP contribution >= 0.6 is 0 Å². The fraction of sp³-hybridized carbons (Fsp3) is 0.263. The van der Waals surface area contributed by atoms with Crippen LogP contribution in [0.5, 0.6) is 0 Å². The summed E-state index contributed by atoms with van der Waals surface area (Å²) in [6, 6.07) is 15.2. The van der Waals surface area contributed by atoms with Gasteiger partial charge in [0.2, 0.25) is 0 Å². The summed E-state index contributed by atoms with van der Waals surface area (Å²) in [5.41, 5.74) is 3.79. The van der Waals surface area contributed by atoms with E-state index in [-0.39, 0.29) is 23.3 Å².